The van der Waals surface area contributed by atoms with E-state index in [0.717, 1.165) is 11.3 Å². The summed E-state index contributed by atoms with van der Waals surface area (Å²) < 4.78 is 5.22. The first kappa shape index (κ1) is 15.1. The van der Waals surface area contributed by atoms with Gasteiger partial charge in [0.05, 0.1) is 13.2 Å². The molecule has 1 aromatic rings. The molecule has 0 aliphatic carbocycles. The van der Waals surface area contributed by atoms with Crippen LogP contribution in [0.15, 0.2) is 29.8 Å². The quantitative estimate of drug-likeness (QED) is 0.624. The fourth-order valence-corrected chi connectivity index (χ4v) is 2.11. The predicted octanol–water partition coefficient (Wildman–Crippen LogP) is 1.52. The van der Waals surface area contributed by atoms with Crippen LogP contribution in [-0.2, 0) is 9.53 Å². The van der Waals surface area contributed by atoms with Crippen LogP contribution < -0.4 is 4.90 Å². The average Bonchev–Trinajstić information content (AvgIpc) is 2.53. The molecule has 0 unspecified atom stereocenters. The van der Waals surface area contributed by atoms with Gasteiger partial charge in [0.1, 0.15) is 11.6 Å². The normalized spacial score (nSPS) is 15.5. The molecular formula is C16H19N3O2. The summed E-state index contributed by atoms with van der Waals surface area (Å²) >= 11 is 0. The van der Waals surface area contributed by atoms with Crippen LogP contribution in [-0.4, -0.2) is 51.2 Å². The maximum absolute atomic E-state index is 12.3. The highest BCUT2D eigenvalue weighted by Crippen LogP contribution is 2.15. The van der Waals surface area contributed by atoms with Crippen LogP contribution in [0.2, 0.25) is 0 Å². The third-order valence-corrected chi connectivity index (χ3v) is 3.37. The highest BCUT2D eigenvalue weighted by molar-refractivity contribution is 6.01. The maximum Gasteiger partial charge on any atom is 0.264 e. The molecule has 0 atom stereocenters. The van der Waals surface area contributed by atoms with Gasteiger partial charge >= 0.3 is 0 Å². The Bertz CT molecular complexity index is 564. The smallest absolute Gasteiger partial charge is 0.264 e. The summed E-state index contributed by atoms with van der Waals surface area (Å²) in [6.07, 6.45) is 1.64. The Morgan fingerprint density at radius 1 is 1.29 bits per heavy atom. The van der Waals surface area contributed by atoms with Crippen LogP contribution in [0.1, 0.15) is 5.56 Å². The van der Waals surface area contributed by atoms with Crippen LogP contribution >= 0.6 is 0 Å². The van der Waals surface area contributed by atoms with Crippen molar-refractivity contribution >= 4 is 17.7 Å². The molecule has 110 valence electrons. The van der Waals surface area contributed by atoms with Gasteiger partial charge in [-0.15, -0.1) is 0 Å². The number of amides is 1. The molecule has 0 spiro atoms. The van der Waals surface area contributed by atoms with E-state index in [4.69, 9.17) is 4.74 Å². The van der Waals surface area contributed by atoms with Gasteiger partial charge in [0, 0.05) is 32.9 Å². The van der Waals surface area contributed by atoms with Crippen molar-refractivity contribution in [3.63, 3.8) is 0 Å². The van der Waals surface area contributed by atoms with Gasteiger partial charge in [0.25, 0.3) is 5.91 Å². The molecule has 1 amide bonds. The third-order valence-electron chi connectivity index (χ3n) is 3.37. The molecule has 0 radical (unpaired) electrons. The molecule has 0 N–H and O–H groups in total. The van der Waals surface area contributed by atoms with Gasteiger partial charge in [-0.25, -0.2) is 0 Å². The molecule has 0 aromatic heterocycles. The minimum absolute atomic E-state index is 0.162. The lowest BCUT2D eigenvalue weighted by Gasteiger charge is -2.26. The summed E-state index contributed by atoms with van der Waals surface area (Å²) in [5.41, 5.74) is 2.08. The number of hydrogen-bond donors (Lipinski definition) is 0. The minimum Gasteiger partial charge on any atom is -0.378 e. The van der Waals surface area contributed by atoms with Crippen molar-refractivity contribution in [1.82, 2.24) is 4.90 Å². The van der Waals surface area contributed by atoms with Gasteiger partial charge in [-0.1, -0.05) is 12.1 Å². The Hall–Kier alpha value is -2.32. The Morgan fingerprint density at radius 2 is 1.90 bits per heavy atom. The first-order valence-corrected chi connectivity index (χ1v) is 6.88. The molecule has 1 aliphatic rings. The highest BCUT2D eigenvalue weighted by Gasteiger charge is 2.20. The first-order valence-electron chi connectivity index (χ1n) is 6.88. The van der Waals surface area contributed by atoms with Crippen LogP contribution in [0.3, 0.4) is 0 Å². The monoisotopic (exact) mass is 285 g/mol. The lowest BCUT2D eigenvalue weighted by Crippen LogP contribution is -2.41. The number of anilines is 1. The number of hydrogen-bond acceptors (Lipinski definition) is 4. The lowest BCUT2D eigenvalue weighted by molar-refractivity contribution is -0.130. The molecule has 21 heavy (non-hydrogen) atoms. The van der Waals surface area contributed by atoms with Gasteiger partial charge < -0.3 is 14.5 Å². The first-order chi connectivity index (χ1) is 10.1. The lowest BCUT2D eigenvalue weighted by atomic mass is 10.1. The summed E-state index contributed by atoms with van der Waals surface area (Å²) in [5, 5.41) is 9.23. The van der Waals surface area contributed by atoms with Crippen molar-refractivity contribution in [2.24, 2.45) is 0 Å². The Kier molecular flexibility index (Phi) is 4.96. The second-order valence-electron chi connectivity index (χ2n) is 5.06. The topological polar surface area (TPSA) is 56.6 Å². The van der Waals surface area contributed by atoms with E-state index in [1.54, 1.807) is 11.0 Å². The zero-order valence-electron chi connectivity index (χ0n) is 12.4. The van der Waals surface area contributed by atoms with E-state index < -0.39 is 0 Å². The van der Waals surface area contributed by atoms with Gasteiger partial charge in [-0.3, -0.25) is 4.79 Å². The molecule has 1 saturated heterocycles. The van der Waals surface area contributed by atoms with E-state index in [2.05, 4.69) is 0 Å². The van der Waals surface area contributed by atoms with E-state index in [9.17, 15) is 10.1 Å². The molecular weight excluding hydrogens is 266 g/mol. The Morgan fingerprint density at radius 3 is 2.43 bits per heavy atom. The zero-order chi connectivity index (χ0) is 15.2. The number of benzene rings is 1. The van der Waals surface area contributed by atoms with Crippen molar-refractivity contribution in [3.8, 4) is 6.07 Å². The van der Waals surface area contributed by atoms with Gasteiger partial charge in [-0.2, -0.15) is 5.26 Å². The summed E-state index contributed by atoms with van der Waals surface area (Å²) in [5.74, 6) is -0.225. The van der Waals surface area contributed by atoms with Crippen LogP contribution in [0.4, 0.5) is 5.69 Å². The largest absolute Gasteiger partial charge is 0.378 e. The highest BCUT2D eigenvalue weighted by atomic mass is 16.5. The molecule has 1 aliphatic heterocycles. The van der Waals surface area contributed by atoms with Crippen molar-refractivity contribution in [1.29, 1.82) is 5.26 Å². The minimum atomic E-state index is -0.225. The molecule has 1 aromatic carbocycles. The molecule has 2 rings (SSSR count). The number of carbonyl (C=O) groups excluding carboxylic acids is 1. The Labute approximate surface area is 125 Å². The van der Waals surface area contributed by atoms with Crippen LogP contribution in [0.5, 0.6) is 0 Å². The number of morpholine rings is 1. The average molecular weight is 285 g/mol. The molecule has 1 heterocycles. The van der Waals surface area contributed by atoms with Crippen molar-refractivity contribution in [2.75, 3.05) is 45.3 Å². The van der Waals surface area contributed by atoms with Crippen LogP contribution in [0, 0.1) is 11.3 Å². The fraction of sp³-hybridized carbons (Fsp3) is 0.375. The summed E-state index contributed by atoms with van der Waals surface area (Å²) in [6, 6.07) is 9.72. The SMILES string of the molecule is CN(C)c1ccc(/C=C(\C#N)C(=O)N2CCOCC2)cc1. The van der Waals surface area contributed by atoms with E-state index in [-0.39, 0.29) is 11.5 Å². The van der Waals surface area contributed by atoms with Crippen molar-refractivity contribution in [3.05, 3.63) is 35.4 Å². The van der Waals surface area contributed by atoms with Crippen molar-refractivity contribution in [2.45, 2.75) is 0 Å². The van der Waals surface area contributed by atoms with Crippen molar-refractivity contribution < 1.29 is 9.53 Å². The fourth-order valence-electron chi connectivity index (χ4n) is 2.11. The summed E-state index contributed by atoms with van der Waals surface area (Å²) in [6.45, 7) is 2.14. The van der Waals surface area contributed by atoms with E-state index in [1.807, 2.05) is 49.3 Å². The van der Waals surface area contributed by atoms with E-state index in [0.29, 0.717) is 26.3 Å². The van der Waals surface area contributed by atoms with Gasteiger partial charge in [-0.05, 0) is 23.8 Å². The number of ether oxygens (including phenoxy) is 1. The molecule has 0 bridgehead atoms. The second kappa shape index (κ2) is 6.91. The molecule has 1 fully saturated rings. The Balaban J connectivity index is 2.16. The number of nitriles is 1. The third kappa shape index (κ3) is 3.83. The molecule has 5 heteroatoms. The van der Waals surface area contributed by atoms with Crippen LogP contribution in [0.25, 0.3) is 6.08 Å². The number of nitrogens with zero attached hydrogens (tertiary/aromatic N) is 3. The molecule has 0 saturated carbocycles. The number of rotatable bonds is 3. The van der Waals surface area contributed by atoms with E-state index in [1.165, 1.54) is 0 Å². The zero-order valence-corrected chi connectivity index (χ0v) is 12.4. The summed E-state index contributed by atoms with van der Waals surface area (Å²) in [4.78, 5) is 15.9. The summed E-state index contributed by atoms with van der Waals surface area (Å²) in [7, 11) is 3.93. The van der Waals surface area contributed by atoms with Gasteiger partial charge in [0.2, 0.25) is 0 Å². The maximum atomic E-state index is 12.3. The standard InChI is InChI=1S/C16H19N3O2/c1-18(2)15-5-3-13(4-6-15)11-14(12-17)16(20)19-7-9-21-10-8-19/h3-6,11H,7-10H2,1-2H3/b14-11+. The molecule has 5 nitrogen and oxygen atoms in total. The predicted molar refractivity (Wildman–Crippen MR) is 81.8 cm³/mol. The number of carbonyl (C=O) groups is 1. The van der Waals surface area contributed by atoms with Gasteiger partial charge in [0.15, 0.2) is 0 Å². The van der Waals surface area contributed by atoms with E-state index >= 15 is 0 Å². The second-order valence-corrected chi connectivity index (χ2v) is 5.06.